The zero-order chi connectivity index (χ0) is 14.3. The van der Waals surface area contributed by atoms with Gasteiger partial charge in [-0.15, -0.1) is 0 Å². The minimum atomic E-state index is -0.963. The van der Waals surface area contributed by atoms with Crippen LogP contribution in [0.3, 0.4) is 0 Å². The number of carbonyl (C=O) groups is 2. The number of aliphatic carboxylic acids is 1. The van der Waals surface area contributed by atoms with E-state index in [0.717, 1.165) is 25.9 Å². The average molecular weight is 270 g/mol. The summed E-state index contributed by atoms with van der Waals surface area (Å²) in [6.07, 6.45) is 6.05. The van der Waals surface area contributed by atoms with Crippen LogP contribution in [0.2, 0.25) is 0 Å². The molecular weight excluding hydrogens is 244 g/mol. The molecule has 0 bridgehead atoms. The first kappa shape index (κ1) is 15.8. The highest BCUT2D eigenvalue weighted by Gasteiger charge is 2.24. The molecule has 19 heavy (non-hydrogen) atoms. The van der Waals surface area contributed by atoms with Crippen LogP contribution >= 0.6 is 0 Å². The molecule has 110 valence electrons. The van der Waals surface area contributed by atoms with E-state index in [0.29, 0.717) is 12.3 Å². The van der Waals surface area contributed by atoms with E-state index in [1.807, 2.05) is 0 Å². The molecule has 0 spiro atoms. The maximum Gasteiger partial charge on any atom is 0.326 e. The Balaban J connectivity index is 2.46. The molecule has 1 unspecified atom stereocenters. The van der Waals surface area contributed by atoms with Gasteiger partial charge < -0.3 is 15.3 Å². The minimum Gasteiger partial charge on any atom is -0.480 e. The molecule has 5 heteroatoms. The monoisotopic (exact) mass is 270 g/mol. The quantitative estimate of drug-likeness (QED) is 0.806. The van der Waals surface area contributed by atoms with Crippen molar-refractivity contribution >= 4 is 12.0 Å². The van der Waals surface area contributed by atoms with Gasteiger partial charge in [0.25, 0.3) is 0 Å². The van der Waals surface area contributed by atoms with Crippen molar-refractivity contribution in [1.29, 1.82) is 0 Å². The van der Waals surface area contributed by atoms with Crippen molar-refractivity contribution < 1.29 is 14.7 Å². The second-order valence-corrected chi connectivity index (χ2v) is 5.32. The number of nitrogens with zero attached hydrogens (tertiary/aromatic N) is 1. The Morgan fingerprint density at radius 3 is 2.63 bits per heavy atom. The van der Waals surface area contributed by atoms with Gasteiger partial charge in [-0.25, -0.2) is 9.59 Å². The zero-order valence-electron chi connectivity index (χ0n) is 12.0. The van der Waals surface area contributed by atoms with Crippen molar-refractivity contribution in [2.24, 2.45) is 5.92 Å². The van der Waals surface area contributed by atoms with Crippen LogP contribution in [-0.2, 0) is 4.79 Å². The summed E-state index contributed by atoms with van der Waals surface area (Å²) in [5.74, 6) is -0.251. The Hall–Kier alpha value is -1.26. The summed E-state index contributed by atoms with van der Waals surface area (Å²) in [5.41, 5.74) is 0. The Morgan fingerprint density at radius 2 is 2.05 bits per heavy atom. The molecule has 0 aliphatic carbocycles. The lowest BCUT2D eigenvalue weighted by atomic mass is 9.96. The fraction of sp³-hybridized carbons (Fsp3) is 0.857. The first-order valence-corrected chi connectivity index (χ1v) is 7.36. The van der Waals surface area contributed by atoms with E-state index >= 15 is 0 Å². The first-order chi connectivity index (χ1) is 9.08. The van der Waals surface area contributed by atoms with E-state index in [9.17, 15) is 9.59 Å². The fourth-order valence-electron chi connectivity index (χ4n) is 2.64. The molecule has 1 heterocycles. The number of carboxylic acids is 1. The lowest BCUT2D eigenvalue weighted by molar-refractivity contribution is -0.139. The van der Waals surface area contributed by atoms with Crippen molar-refractivity contribution in [1.82, 2.24) is 10.2 Å². The lowest BCUT2D eigenvalue weighted by Crippen LogP contribution is -2.48. The van der Waals surface area contributed by atoms with E-state index in [-0.39, 0.29) is 6.03 Å². The average Bonchev–Trinajstić information content (AvgIpc) is 2.61. The molecule has 1 saturated heterocycles. The van der Waals surface area contributed by atoms with Crippen LogP contribution in [0.5, 0.6) is 0 Å². The predicted octanol–water partition coefficient (Wildman–Crippen LogP) is 2.46. The van der Waals surface area contributed by atoms with Gasteiger partial charge in [0.05, 0.1) is 0 Å². The van der Waals surface area contributed by atoms with Crippen LogP contribution < -0.4 is 5.32 Å². The number of likely N-dealkylation sites (tertiary alicyclic amines) is 1. The van der Waals surface area contributed by atoms with Gasteiger partial charge in [0, 0.05) is 13.1 Å². The van der Waals surface area contributed by atoms with Crippen LogP contribution in [0, 0.1) is 5.92 Å². The molecule has 2 N–H and O–H groups in total. The SMILES string of the molecule is CCCC1CCCN(C(=O)N[C@H](CC)C(=O)O)CC1. The first-order valence-electron chi connectivity index (χ1n) is 7.36. The topological polar surface area (TPSA) is 69.6 Å². The number of amides is 2. The number of hydrogen-bond donors (Lipinski definition) is 2. The Kier molecular flexibility index (Phi) is 6.67. The van der Waals surface area contributed by atoms with E-state index < -0.39 is 12.0 Å². The third-order valence-corrected chi connectivity index (χ3v) is 3.84. The summed E-state index contributed by atoms with van der Waals surface area (Å²) in [5, 5.41) is 11.6. The molecule has 1 fully saturated rings. The van der Waals surface area contributed by atoms with Crippen molar-refractivity contribution in [3.8, 4) is 0 Å². The molecule has 1 aliphatic heterocycles. The number of carboxylic acid groups (broad SMARTS) is 1. The van der Waals surface area contributed by atoms with Crippen LogP contribution in [-0.4, -0.2) is 41.1 Å². The number of nitrogens with one attached hydrogen (secondary N) is 1. The van der Waals surface area contributed by atoms with Crippen LogP contribution in [0.1, 0.15) is 52.4 Å². The Bertz CT molecular complexity index is 307. The molecule has 2 amide bonds. The third-order valence-electron chi connectivity index (χ3n) is 3.84. The summed E-state index contributed by atoms with van der Waals surface area (Å²) < 4.78 is 0. The van der Waals surface area contributed by atoms with E-state index in [1.165, 1.54) is 19.3 Å². The fourth-order valence-corrected chi connectivity index (χ4v) is 2.64. The summed E-state index contributed by atoms with van der Waals surface area (Å²) in [6, 6.07) is -1.01. The molecule has 0 aromatic carbocycles. The number of urea groups is 1. The Morgan fingerprint density at radius 1 is 1.32 bits per heavy atom. The summed E-state index contributed by atoms with van der Waals surface area (Å²) >= 11 is 0. The Labute approximate surface area is 115 Å². The van der Waals surface area contributed by atoms with Crippen molar-refractivity contribution in [2.75, 3.05) is 13.1 Å². The maximum atomic E-state index is 12.0. The van der Waals surface area contributed by atoms with Crippen LogP contribution in [0.25, 0.3) is 0 Å². The zero-order valence-corrected chi connectivity index (χ0v) is 12.0. The largest absolute Gasteiger partial charge is 0.480 e. The van der Waals surface area contributed by atoms with Gasteiger partial charge >= 0.3 is 12.0 Å². The van der Waals surface area contributed by atoms with Gasteiger partial charge in [0.2, 0.25) is 0 Å². The van der Waals surface area contributed by atoms with Crippen LogP contribution in [0.15, 0.2) is 0 Å². The number of hydrogen-bond acceptors (Lipinski definition) is 2. The van der Waals surface area contributed by atoms with Crippen molar-refractivity contribution in [2.45, 2.75) is 58.4 Å². The predicted molar refractivity (Wildman–Crippen MR) is 74.1 cm³/mol. The van der Waals surface area contributed by atoms with E-state index in [2.05, 4.69) is 12.2 Å². The van der Waals surface area contributed by atoms with Gasteiger partial charge in [0.15, 0.2) is 0 Å². The van der Waals surface area contributed by atoms with Gasteiger partial charge in [-0.1, -0.05) is 26.7 Å². The maximum absolute atomic E-state index is 12.0. The summed E-state index contributed by atoms with van der Waals surface area (Å²) in [6.45, 7) is 5.43. The molecule has 0 radical (unpaired) electrons. The summed E-state index contributed by atoms with van der Waals surface area (Å²) in [7, 11) is 0. The highest BCUT2D eigenvalue weighted by Crippen LogP contribution is 2.21. The highest BCUT2D eigenvalue weighted by molar-refractivity contribution is 5.82. The second-order valence-electron chi connectivity index (χ2n) is 5.32. The minimum absolute atomic E-state index is 0.230. The van der Waals surface area contributed by atoms with Gasteiger partial charge in [-0.05, 0) is 31.6 Å². The normalized spacial score (nSPS) is 21.6. The van der Waals surface area contributed by atoms with E-state index in [1.54, 1.807) is 11.8 Å². The van der Waals surface area contributed by atoms with Crippen LogP contribution in [0.4, 0.5) is 4.79 Å². The lowest BCUT2D eigenvalue weighted by Gasteiger charge is -2.23. The molecule has 0 saturated carbocycles. The second kappa shape index (κ2) is 8.02. The van der Waals surface area contributed by atoms with Gasteiger partial charge in [0.1, 0.15) is 6.04 Å². The van der Waals surface area contributed by atoms with Gasteiger partial charge in [-0.2, -0.15) is 0 Å². The smallest absolute Gasteiger partial charge is 0.326 e. The summed E-state index contributed by atoms with van der Waals surface area (Å²) in [4.78, 5) is 24.7. The molecule has 0 aromatic heterocycles. The molecular formula is C14H26N2O3. The highest BCUT2D eigenvalue weighted by atomic mass is 16.4. The third kappa shape index (κ3) is 5.09. The molecule has 0 aromatic rings. The molecule has 2 atom stereocenters. The van der Waals surface area contributed by atoms with Crippen molar-refractivity contribution in [3.05, 3.63) is 0 Å². The molecule has 5 nitrogen and oxygen atoms in total. The van der Waals surface area contributed by atoms with Gasteiger partial charge in [-0.3, -0.25) is 0 Å². The number of rotatable bonds is 5. The number of carbonyl (C=O) groups excluding carboxylic acids is 1. The van der Waals surface area contributed by atoms with E-state index in [4.69, 9.17) is 5.11 Å². The molecule has 1 aliphatic rings. The standard InChI is InChI=1S/C14H26N2O3/c1-3-6-11-7-5-9-16(10-8-11)14(19)15-12(4-2)13(17)18/h11-12H,3-10H2,1-2H3,(H,15,19)(H,17,18)/t11?,12-/m1/s1. The molecule has 1 rings (SSSR count). The van der Waals surface area contributed by atoms with Crippen molar-refractivity contribution in [3.63, 3.8) is 0 Å².